The largest absolute Gasteiger partial charge is 0.393 e. The molecule has 0 aromatic heterocycles. The first-order valence-electron chi connectivity index (χ1n) is 11.5. The zero-order valence-electron chi connectivity index (χ0n) is 17.8. The quantitative estimate of drug-likeness (QED) is 0.389. The normalized spacial score (nSPS) is 46.2. The van der Waals surface area contributed by atoms with Crippen LogP contribution in [0.1, 0.15) is 71.6 Å². The van der Waals surface area contributed by atoms with Crippen molar-refractivity contribution in [2.24, 2.45) is 39.8 Å². The first kappa shape index (κ1) is 21.4. The minimum absolute atomic E-state index is 0.0870. The number of urea groups is 1. The number of nitrogens with one attached hydrogen (secondary N) is 1. The van der Waals surface area contributed by atoms with E-state index in [4.69, 9.17) is 11.6 Å². The number of amides is 2. The molecule has 0 spiro atoms. The third-order valence-corrected chi connectivity index (χ3v) is 9.73. The molecular formula is C22H36ClN3O3. The fourth-order valence-corrected chi connectivity index (χ4v) is 8.12. The van der Waals surface area contributed by atoms with Gasteiger partial charge in [-0.1, -0.05) is 13.8 Å². The molecule has 4 rings (SSSR count). The zero-order chi connectivity index (χ0) is 20.8. The molecule has 0 aromatic carbocycles. The first-order valence-corrected chi connectivity index (χ1v) is 12.0. The monoisotopic (exact) mass is 425 g/mol. The Morgan fingerprint density at radius 2 is 1.83 bits per heavy atom. The van der Waals surface area contributed by atoms with Crippen LogP contribution in [0.3, 0.4) is 0 Å². The molecular weight excluding hydrogens is 390 g/mol. The van der Waals surface area contributed by atoms with E-state index in [1.807, 2.05) is 0 Å². The van der Waals surface area contributed by atoms with Crippen molar-refractivity contribution in [3.8, 4) is 0 Å². The Morgan fingerprint density at radius 1 is 1.10 bits per heavy atom. The Morgan fingerprint density at radius 3 is 2.55 bits per heavy atom. The molecule has 0 saturated heterocycles. The number of hydrogen-bond acceptors (Lipinski definition) is 4. The number of alkyl halides is 1. The molecule has 0 aromatic rings. The van der Waals surface area contributed by atoms with E-state index in [1.54, 1.807) is 0 Å². The third kappa shape index (κ3) is 3.48. The highest BCUT2D eigenvalue weighted by Gasteiger charge is 2.60. The number of fused-ring (bicyclic) bond motifs is 5. The lowest BCUT2D eigenvalue weighted by Gasteiger charge is -2.60. The summed E-state index contributed by atoms with van der Waals surface area (Å²) in [5.41, 5.74) is 0.452. The van der Waals surface area contributed by atoms with Crippen LogP contribution in [0.25, 0.3) is 0 Å². The van der Waals surface area contributed by atoms with E-state index in [-0.39, 0.29) is 30.0 Å². The van der Waals surface area contributed by atoms with Gasteiger partial charge >= 0.3 is 6.03 Å². The Bertz CT molecular complexity index is 649. The first-order chi connectivity index (χ1) is 13.8. The van der Waals surface area contributed by atoms with Crippen LogP contribution in [0.15, 0.2) is 5.29 Å². The van der Waals surface area contributed by atoms with Gasteiger partial charge in [0.2, 0.25) is 0 Å². The van der Waals surface area contributed by atoms with E-state index in [2.05, 4.69) is 24.5 Å². The van der Waals surface area contributed by atoms with Crippen LogP contribution < -0.4 is 5.32 Å². The smallest absolute Gasteiger partial charge is 0.340 e. The Balaban J connectivity index is 1.49. The summed E-state index contributed by atoms with van der Waals surface area (Å²) in [6.45, 7) is 4.99. The predicted octanol–water partition coefficient (Wildman–Crippen LogP) is 4.69. The maximum atomic E-state index is 12.5. The highest BCUT2D eigenvalue weighted by atomic mass is 35.5. The molecule has 8 atom stereocenters. The Kier molecular flexibility index (Phi) is 5.88. The molecule has 0 radical (unpaired) electrons. The van der Waals surface area contributed by atoms with Gasteiger partial charge in [-0.3, -0.25) is 0 Å². The average molecular weight is 426 g/mol. The van der Waals surface area contributed by atoms with Gasteiger partial charge in [0.1, 0.15) is 0 Å². The average Bonchev–Trinajstić information content (AvgIpc) is 3.03. The van der Waals surface area contributed by atoms with Crippen LogP contribution in [0.5, 0.6) is 0 Å². The number of aliphatic hydroxyl groups excluding tert-OH is 1. The van der Waals surface area contributed by atoms with Crippen LogP contribution in [-0.4, -0.2) is 40.7 Å². The molecule has 0 heterocycles. The second-order valence-corrected chi connectivity index (χ2v) is 11.0. The number of halogens is 1. The number of nitrogens with zero attached hydrogens (tertiary/aromatic N) is 2. The van der Waals surface area contributed by atoms with Crippen molar-refractivity contribution in [1.29, 1.82) is 0 Å². The topological polar surface area (TPSA) is 82.0 Å². The molecule has 164 valence electrons. The molecule has 4 aliphatic carbocycles. The van der Waals surface area contributed by atoms with Crippen molar-refractivity contribution < 1.29 is 9.90 Å². The Labute approximate surface area is 179 Å². The molecule has 7 heteroatoms. The van der Waals surface area contributed by atoms with Gasteiger partial charge in [0.25, 0.3) is 0 Å². The number of carbonyl (C=O) groups is 1. The molecule has 0 unspecified atom stereocenters. The second kappa shape index (κ2) is 7.99. The van der Waals surface area contributed by atoms with E-state index in [1.165, 1.54) is 19.3 Å². The summed E-state index contributed by atoms with van der Waals surface area (Å²) in [4.78, 5) is 23.5. The number of aliphatic hydroxyl groups is 1. The summed E-state index contributed by atoms with van der Waals surface area (Å²) in [6.07, 6.45) is 9.93. The van der Waals surface area contributed by atoms with E-state index in [0.717, 1.165) is 55.4 Å². The minimum atomic E-state index is -0.411. The lowest BCUT2D eigenvalue weighted by atomic mass is 9.45. The van der Waals surface area contributed by atoms with Crippen molar-refractivity contribution in [1.82, 2.24) is 10.3 Å². The Hall–Kier alpha value is -0.880. The fraction of sp³-hybridized carbons (Fsp3) is 0.955. The van der Waals surface area contributed by atoms with Crippen molar-refractivity contribution in [3.63, 3.8) is 0 Å². The molecule has 29 heavy (non-hydrogen) atoms. The molecule has 4 fully saturated rings. The van der Waals surface area contributed by atoms with E-state index in [0.29, 0.717) is 17.3 Å². The van der Waals surface area contributed by atoms with Gasteiger partial charge in [-0.2, -0.15) is 5.01 Å². The van der Waals surface area contributed by atoms with Crippen molar-refractivity contribution in [2.45, 2.75) is 83.8 Å². The maximum Gasteiger partial charge on any atom is 0.340 e. The molecule has 4 saturated carbocycles. The van der Waals surface area contributed by atoms with Crippen LogP contribution >= 0.6 is 11.6 Å². The molecule has 2 N–H and O–H groups in total. The van der Waals surface area contributed by atoms with Crippen molar-refractivity contribution >= 4 is 17.6 Å². The van der Waals surface area contributed by atoms with Crippen LogP contribution in [-0.2, 0) is 0 Å². The summed E-state index contributed by atoms with van der Waals surface area (Å²) in [5, 5.41) is 17.1. The number of hydrogen-bond donors (Lipinski definition) is 2. The lowest BCUT2D eigenvalue weighted by molar-refractivity contribution is -0.123. The predicted molar refractivity (Wildman–Crippen MR) is 113 cm³/mol. The molecule has 4 aliphatic rings. The summed E-state index contributed by atoms with van der Waals surface area (Å²) >= 11 is 5.69. The minimum Gasteiger partial charge on any atom is -0.393 e. The van der Waals surface area contributed by atoms with Crippen molar-refractivity contribution in [2.75, 3.05) is 12.4 Å². The highest BCUT2D eigenvalue weighted by Crippen LogP contribution is 2.66. The van der Waals surface area contributed by atoms with E-state index >= 15 is 0 Å². The van der Waals surface area contributed by atoms with Crippen LogP contribution in [0, 0.1) is 39.4 Å². The van der Waals surface area contributed by atoms with Crippen LogP contribution in [0.4, 0.5) is 4.79 Å². The van der Waals surface area contributed by atoms with Gasteiger partial charge in [-0.25, -0.2) is 4.79 Å². The summed E-state index contributed by atoms with van der Waals surface area (Å²) in [6, 6.07) is -0.314. The van der Waals surface area contributed by atoms with Crippen LogP contribution in [0.2, 0.25) is 0 Å². The molecule has 0 bridgehead atoms. The van der Waals surface area contributed by atoms with Gasteiger partial charge in [-0.05, 0) is 92.3 Å². The number of carbonyl (C=O) groups excluding carboxylic acids is 1. The second-order valence-electron chi connectivity index (χ2n) is 10.6. The van der Waals surface area contributed by atoms with Gasteiger partial charge < -0.3 is 10.4 Å². The zero-order valence-corrected chi connectivity index (χ0v) is 18.5. The van der Waals surface area contributed by atoms with Gasteiger partial charge in [-0.15, -0.1) is 16.5 Å². The maximum absolute atomic E-state index is 12.5. The van der Waals surface area contributed by atoms with E-state index in [9.17, 15) is 14.8 Å². The number of nitroso groups, excluding NO2 is 1. The molecule has 6 nitrogen and oxygen atoms in total. The highest BCUT2D eigenvalue weighted by molar-refractivity contribution is 6.18. The standard InChI is InChI=1S/C22H36ClN3O3/c1-21-9-7-15(27)13-14(21)3-4-16-17-5-6-19(22(17,2)10-8-18(16)21)24-20(28)26(25-29)12-11-23/h14-19,27H,3-13H2,1-2H3,(H,24,28)/t14-,15-,16-,17-,18-,19+,21-,22-/m0/s1. The van der Waals surface area contributed by atoms with E-state index < -0.39 is 6.03 Å². The molecule has 2 amide bonds. The van der Waals surface area contributed by atoms with Gasteiger partial charge in [0.05, 0.1) is 17.9 Å². The summed E-state index contributed by atoms with van der Waals surface area (Å²) in [7, 11) is 0. The SMILES string of the molecule is C[C@]12CC[C@H](O)C[C@@H]1CC[C@@H]1[C@@H]2CC[C@]2(C)[C@H](NC(=O)N(CCCl)N=O)CC[C@@H]12. The van der Waals surface area contributed by atoms with Gasteiger partial charge in [0.15, 0.2) is 0 Å². The van der Waals surface area contributed by atoms with Gasteiger partial charge in [0, 0.05) is 11.9 Å². The van der Waals surface area contributed by atoms with Crippen molar-refractivity contribution in [3.05, 3.63) is 4.91 Å². The lowest BCUT2D eigenvalue weighted by Crippen LogP contribution is -2.56. The fourth-order valence-electron chi connectivity index (χ4n) is 7.96. The molecule has 0 aliphatic heterocycles. The number of rotatable bonds is 4. The summed E-state index contributed by atoms with van der Waals surface area (Å²) < 4.78 is 0. The summed E-state index contributed by atoms with van der Waals surface area (Å²) in [5.74, 6) is 2.95. The third-order valence-electron chi connectivity index (χ3n) is 9.57.